The summed E-state index contributed by atoms with van der Waals surface area (Å²) >= 11 is 0. The third kappa shape index (κ3) is 4.53. The maximum absolute atomic E-state index is 13.3. The average Bonchev–Trinajstić information content (AvgIpc) is 3.57. The number of pyridine rings is 1. The molecule has 8 nitrogen and oxygen atoms in total. The molecule has 4 rings (SSSR count). The van der Waals surface area contributed by atoms with Gasteiger partial charge in [0, 0.05) is 20.2 Å². The van der Waals surface area contributed by atoms with Gasteiger partial charge in [0.25, 0.3) is 5.91 Å². The molecule has 0 unspecified atom stereocenters. The number of nitrogens with one attached hydrogen (secondary N) is 1. The first-order valence-corrected chi connectivity index (χ1v) is 11.6. The van der Waals surface area contributed by atoms with E-state index in [0.717, 1.165) is 31.6 Å². The van der Waals surface area contributed by atoms with Crippen molar-refractivity contribution in [2.45, 2.75) is 57.3 Å². The largest absolute Gasteiger partial charge is 0.476 e. The number of carbonyl (C=O) groups excluding carboxylic acids is 2. The highest BCUT2D eigenvalue weighted by Gasteiger charge is 2.44. The Balaban J connectivity index is 1.51. The fraction of sp³-hybridized carbons (Fsp3) is 0.696. The summed E-state index contributed by atoms with van der Waals surface area (Å²) in [6.07, 6.45) is 2.33. The normalized spacial score (nSPS) is 19.4. The number of methoxy groups -OCH3 is 1. The number of rotatable bonds is 10. The Labute approximate surface area is 188 Å². The zero-order valence-corrected chi connectivity index (χ0v) is 19.1. The first kappa shape index (κ1) is 22.8. The number of anilines is 1. The molecular weight excluding hydrogens is 415 g/mol. The number of amides is 2. The van der Waals surface area contributed by atoms with Crippen molar-refractivity contribution >= 4 is 17.5 Å². The summed E-state index contributed by atoms with van der Waals surface area (Å²) in [5.41, 5.74) is -0.0248. The number of nitrogens with zero attached hydrogens (tertiary/aromatic N) is 3. The molecule has 176 valence electrons. The van der Waals surface area contributed by atoms with Crippen molar-refractivity contribution in [3.8, 4) is 5.88 Å². The zero-order valence-electron chi connectivity index (χ0n) is 19.1. The van der Waals surface area contributed by atoms with Crippen molar-refractivity contribution in [3.05, 3.63) is 17.8 Å². The molecular formula is C23H33FN4O4. The molecule has 1 aromatic heterocycles. The van der Waals surface area contributed by atoms with Crippen LogP contribution in [0.2, 0.25) is 0 Å². The molecule has 0 radical (unpaired) electrons. The van der Waals surface area contributed by atoms with Crippen molar-refractivity contribution in [1.82, 2.24) is 15.2 Å². The summed E-state index contributed by atoms with van der Waals surface area (Å²) in [6.45, 7) is 5.95. The topological polar surface area (TPSA) is 84.0 Å². The fourth-order valence-corrected chi connectivity index (χ4v) is 4.13. The van der Waals surface area contributed by atoms with Crippen LogP contribution in [0.1, 0.15) is 50.0 Å². The number of halogens is 1. The van der Waals surface area contributed by atoms with Crippen molar-refractivity contribution in [3.63, 3.8) is 0 Å². The fourth-order valence-electron chi connectivity index (χ4n) is 4.13. The third-order valence-corrected chi connectivity index (χ3v) is 6.84. The van der Waals surface area contributed by atoms with E-state index in [1.54, 1.807) is 13.2 Å². The Kier molecular flexibility index (Phi) is 6.55. The van der Waals surface area contributed by atoms with Crippen LogP contribution in [0, 0.1) is 5.92 Å². The Morgan fingerprint density at radius 1 is 1.19 bits per heavy atom. The Morgan fingerprint density at radius 3 is 2.44 bits per heavy atom. The van der Waals surface area contributed by atoms with Crippen molar-refractivity contribution in [2.75, 3.05) is 44.8 Å². The van der Waals surface area contributed by atoms with Gasteiger partial charge in [0.15, 0.2) is 0 Å². The first-order chi connectivity index (χ1) is 15.4. The minimum Gasteiger partial charge on any atom is -0.476 e. The molecule has 3 fully saturated rings. The van der Waals surface area contributed by atoms with E-state index in [-0.39, 0.29) is 30.8 Å². The van der Waals surface area contributed by atoms with Gasteiger partial charge in [-0.2, -0.15) is 0 Å². The summed E-state index contributed by atoms with van der Waals surface area (Å²) < 4.78 is 24.7. The van der Waals surface area contributed by atoms with E-state index in [4.69, 9.17) is 9.47 Å². The van der Waals surface area contributed by atoms with Gasteiger partial charge in [-0.15, -0.1) is 0 Å². The van der Waals surface area contributed by atoms with Crippen LogP contribution in [0.5, 0.6) is 5.88 Å². The molecule has 2 aliphatic heterocycles. The second kappa shape index (κ2) is 9.21. The van der Waals surface area contributed by atoms with E-state index in [1.807, 2.05) is 19.9 Å². The zero-order chi connectivity index (χ0) is 22.9. The first-order valence-electron chi connectivity index (χ1n) is 11.6. The quantitative estimate of drug-likeness (QED) is 0.591. The Morgan fingerprint density at radius 2 is 1.88 bits per heavy atom. The summed E-state index contributed by atoms with van der Waals surface area (Å²) in [7, 11) is 1.70. The third-order valence-electron chi connectivity index (χ3n) is 6.84. The highest BCUT2D eigenvalue weighted by Crippen LogP contribution is 2.34. The Bertz CT molecular complexity index is 846. The summed E-state index contributed by atoms with van der Waals surface area (Å²) in [5, 5.41) is 2.90. The molecule has 0 atom stereocenters. The standard InChI is InChI=1S/C23H33FN4O4/c1-4-23(5-2,22(30)28-10-16(24)11-28)26-20(29)18-8-9-19(27-12-17(13-27)31-3)21(25-18)32-14-15-6-7-15/h8-9,15-17H,4-7,10-14H2,1-3H3,(H,26,29). The van der Waals surface area contributed by atoms with Gasteiger partial charge in [-0.3, -0.25) is 9.59 Å². The molecule has 0 spiro atoms. The summed E-state index contributed by atoms with van der Waals surface area (Å²) in [4.78, 5) is 34.3. The van der Waals surface area contributed by atoms with Crippen LogP contribution >= 0.6 is 0 Å². The van der Waals surface area contributed by atoms with Crippen LogP contribution in [0.3, 0.4) is 0 Å². The molecule has 9 heteroatoms. The molecule has 0 aromatic carbocycles. The maximum atomic E-state index is 13.3. The van der Waals surface area contributed by atoms with E-state index >= 15 is 0 Å². The van der Waals surface area contributed by atoms with E-state index in [1.165, 1.54) is 4.90 Å². The minimum atomic E-state index is -1.07. The molecule has 3 heterocycles. The molecule has 2 saturated heterocycles. The van der Waals surface area contributed by atoms with E-state index in [0.29, 0.717) is 31.2 Å². The van der Waals surface area contributed by atoms with Gasteiger partial charge in [-0.25, -0.2) is 9.37 Å². The predicted molar refractivity (Wildman–Crippen MR) is 118 cm³/mol. The van der Waals surface area contributed by atoms with Gasteiger partial charge in [0.05, 0.1) is 25.8 Å². The molecule has 1 saturated carbocycles. The smallest absolute Gasteiger partial charge is 0.270 e. The average molecular weight is 449 g/mol. The number of carbonyl (C=O) groups is 2. The maximum Gasteiger partial charge on any atom is 0.270 e. The van der Waals surface area contributed by atoms with Crippen LogP contribution in [0.25, 0.3) is 0 Å². The van der Waals surface area contributed by atoms with Crippen LogP contribution < -0.4 is 15.0 Å². The number of likely N-dealkylation sites (tertiary alicyclic amines) is 1. The second-order valence-electron chi connectivity index (χ2n) is 9.09. The van der Waals surface area contributed by atoms with Gasteiger partial charge >= 0.3 is 0 Å². The second-order valence-corrected chi connectivity index (χ2v) is 9.09. The van der Waals surface area contributed by atoms with Gasteiger partial charge in [-0.05, 0) is 43.7 Å². The predicted octanol–water partition coefficient (Wildman–Crippen LogP) is 2.17. The molecule has 2 amide bonds. The SMILES string of the molecule is CCC(CC)(NC(=O)c1ccc(N2CC(OC)C2)c(OCC2CC2)n1)C(=O)N1CC(F)C1. The van der Waals surface area contributed by atoms with Gasteiger partial charge in [-0.1, -0.05) is 13.8 Å². The number of hydrogen-bond acceptors (Lipinski definition) is 6. The lowest BCUT2D eigenvalue weighted by atomic mass is 9.89. The molecule has 32 heavy (non-hydrogen) atoms. The lowest BCUT2D eigenvalue weighted by Gasteiger charge is -2.42. The van der Waals surface area contributed by atoms with Gasteiger partial charge in [0.1, 0.15) is 23.1 Å². The van der Waals surface area contributed by atoms with Crippen molar-refractivity contribution in [2.24, 2.45) is 5.92 Å². The molecule has 1 aliphatic carbocycles. The Hall–Kier alpha value is -2.42. The van der Waals surface area contributed by atoms with E-state index < -0.39 is 17.6 Å². The summed E-state index contributed by atoms with van der Waals surface area (Å²) in [5.74, 6) is 0.317. The molecule has 0 bridgehead atoms. The highest BCUT2D eigenvalue weighted by atomic mass is 19.1. The molecule has 1 aromatic rings. The van der Waals surface area contributed by atoms with Crippen LogP contribution in [0.15, 0.2) is 12.1 Å². The number of aromatic nitrogens is 1. The monoisotopic (exact) mass is 448 g/mol. The van der Waals surface area contributed by atoms with Gasteiger partial charge < -0.3 is 24.6 Å². The van der Waals surface area contributed by atoms with Crippen LogP contribution in [-0.4, -0.2) is 79.4 Å². The van der Waals surface area contributed by atoms with Crippen LogP contribution in [0.4, 0.5) is 10.1 Å². The lowest BCUT2D eigenvalue weighted by Crippen LogP contribution is -2.64. The highest BCUT2D eigenvalue weighted by molar-refractivity contribution is 5.98. The summed E-state index contributed by atoms with van der Waals surface area (Å²) in [6, 6.07) is 3.51. The van der Waals surface area contributed by atoms with Crippen molar-refractivity contribution in [1.29, 1.82) is 0 Å². The lowest BCUT2D eigenvalue weighted by molar-refractivity contribution is -0.145. The molecule has 1 N–H and O–H groups in total. The number of ether oxygens (including phenoxy) is 2. The van der Waals surface area contributed by atoms with Crippen molar-refractivity contribution < 1.29 is 23.5 Å². The van der Waals surface area contributed by atoms with E-state index in [2.05, 4.69) is 15.2 Å². The number of hydrogen-bond donors (Lipinski definition) is 1. The minimum absolute atomic E-state index is 0.0842. The van der Waals surface area contributed by atoms with E-state index in [9.17, 15) is 14.0 Å². The molecule has 3 aliphatic rings. The number of alkyl halides is 1. The van der Waals surface area contributed by atoms with Crippen LogP contribution in [-0.2, 0) is 9.53 Å². The van der Waals surface area contributed by atoms with Gasteiger partial charge in [0.2, 0.25) is 11.8 Å².